The predicted octanol–water partition coefficient (Wildman–Crippen LogP) is -0.0965. The third-order valence-electron chi connectivity index (χ3n) is 1.48. The van der Waals surface area contributed by atoms with Gasteiger partial charge in [-0.05, 0) is 6.42 Å². The summed E-state index contributed by atoms with van der Waals surface area (Å²) >= 11 is 0. The van der Waals surface area contributed by atoms with E-state index in [0.717, 1.165) is 6.42 Å². The van der Waals surface area contributed by atoms with Gasteiger partial charge in [-0.2, -0.15) is 0 Å². The molecule has 0 aromatic carbocycles. The number of rotatable bonds is 4. The first-order chi connectivity index (χ1) is 4.22. The summed E-state index contributed by atoms with van der Waals surface area (Å²) < 4.78 is 5.22. The third kappa shape index (κ3) is 3.49. The molecule has 1 atom stereocenters. The molecule has 0 aromatic heterocycles. The summed E-state index contributed by atoms with van der Waals surface area (Å²) in [6.45, 7) is 2.18. The van der Waals surface area contributed by atoms with Gasteiger partial charge in [0, 0.05) is 13.5 Å². The fourth-order valence-corrected chi connectivity index (χ4v) is 0.904. The van der Waals surface area contributed by atoms with Gasteiger partial charge in [0.05, 0.1) is 14.1 Å². The zero-order valence-electron chi connectivity index (χ0n) is 6.90. The molecule has 2 heteroatoms. The molecule has 0 radical (unpaired) electrons. The highest BCUT2D eigenvalue weighted by Crippen LogP contribution is 1.90. The minimum Gasteiger partial charge on any atom is -0.333 e. The molecular weight excluding hydrogens is 114 g/mol. The van der Waals surface area contributed by atoms with Gasteiger partial charge in [0.15, 0.2) is 6.23 Å². The van der Waals surface area contributed by atoms with Crippen LogP contribution >= 0.6 is 0 Å². The molecule has 0 aliphatic heterocycles. The van der Waals surface area contributed by atoms with E-state index in [4.69, 9.17) is 4.74 Å². The summed E-state index contributed by atoms with van der Waals surface area (Å²) in [6.07, 6.45) is 2.73. The molecule has 0 heterocycles. The van der Waals surface area contributed by atoms with Crippen molar-refractivity contribution in [2.24, 2.45) is 0 Å². The first-order valence-electron chi connectivity index (χ1n) is 3.55. The molecular formula is C7H18NO+. The van der Waals surface area contributed by atoms with Crippen LogP contribution in [0.3, 0.4) is 0 Å². The van der Waals surface area contributed by atoms with E-state index in [9.17, 15) is 0 Å². The second-order valence-corrected chi connectivity index (χ2v) is 2.59. The Morgan fingerprint density at radius 3 is 2.11 bits per heavy atom. The van der Waals surface area contributed by atoms with Gasteiger partial charge in [0.1, 0.15) is 0 Å². The van der Waals surface area contributed by atoms with Gasteiger partial charge in [-0.25, -0.2) is 0 Å². The molecule has 0 amide bonds. The Kier molecular flexibility index (Phi) is 4.72. The lowest BCUT2D eigenvalue weighted by molar-refractivity contribution is -0.910. The standard InChI is InChI=1S/C7H17NO/c1-5-6-7(9-4)8(2)3/h7H,5-6H2,1-4H3/p+1. The van der Waals surface area contributed by atoms with Crippen molar-refractivity contribution in [2.75, 3.05) is 21.2 Å². The topological polar surface area (TPSA) is 13.7 Å². The Bertz CT molecular complexity index is 63.9. The fourth-order valence-electron chi connectivity index (χ4n) is 0.904. The average Bonchev–Trinajstić information content (AvgIpc) is 1.82. The maximum absolute atomic E-state index is 5.22. The molecule has 1 N–H and O–H groups in total. The van der Waals surface area contributed by atoms with Crippen molar-refractivity contribution in [1.29, 1.82) is 0 Å². The van der Waals surface area contributed by atoms with Crippen LogP contribution in [-0.4, -0.2) is 27.4 Å². The summed E-state index contributed by atoms with van der Waals surface area (Å²) in [5.41, 5.74) is 0. The molecule has 1 unspecified atom stereocenters. The van der Waals surface area contributed by atoms with Crippen LogP contribution in [0.15, 0.2) is 0 Å². The van der Waals surface area contributed by atoms with Crippen molar-refractivity contribution in [1.82, 2.24) is 0 Å². The van der Waals surface area contributed by atoms with Crippen LogP contribution in [0.25, 0.3) is 0 Å². The molecule has 56 valence electrons. The molecule has 0 rings (SSSR count). The van der Waals surface area contributed by atoms with Gasteiger partial charge in [-0.1, -0.05) is 6.92 Å². The highest BCUT2D eigenvalue weighted by atomic mass is 16.5. The van der Waals surface area contributed by atoms with Crippen molar-refractivity contribution < 1.29 is 9.64 Å². The van der Waals surface area contributed by atoms with Crippen LogP contribution in [0, 0.1) is 0 Å². The van der Waals surface area contributed by atoms with E-state index in [0.29, 0.717) is 6.23 Å². The predicted molar refractivity (Wildman–Crippen MR) is 38.5 cm³/mol. The van der Waals surface area contributed by atoms with Crippen molar-refractivity contribution in [3.63, 3.8) is 0 Å². The van der Waals surface area contributed by atoms with Crippen LogP contribution in [0.2, 0.25) is 0 Å². The van der Waals surface area contributed by atoms with E-state index in [-0.39, 0.29) is 0 Å². The number of hydrogen-bond acceptors (Lipinski definition) is 1. The average molecular weight is 132 g/mol. The SMILES string of the molecule is CCCC(OC)[NH+](C)C. The number of methoxy groups -OCH3 is 1. The Hall–Kier alpha value is -0.0800. The van der Waals surface area contributed by atoms with Crippen LogP contribution in [0.4, 0.5) is 0 Å². The summed E-state index contributed by atoms with van der Waals surface area (Å²) in [4.78, 5) is 1.37. The number of nitrogens with one attached hydrogen (secondary N) is 1. The fraction of sp³-hybridized carbons (Fsp3) is 1.00. The van der Waals surface area contributed by atoms with Crippen molar-refractivity contribution in [3.8, 4) is 0 Å². The van der Waals surface area contributed by atoms with Gasteiger partial charge < -0.3 is 9.64 Å². The Morgan fingerprint density at radius 1 is 1.44 bits per heavy atom. The second-order valence-electron chi connectivity index (χ2n) is 2.59. The van der Waals surface area contributed by atoms with Crippen LogP contribution < -0.4 is 4.90 Å². The van der Waals surface area contributed by atoms with Gasteiger partial charge in [0.2, 0.25) is 0 Å². The van der Waals surface area contributed by atoms with Crippen LogP contribution in [-0.2, 0) is 4.74 Å². The zero-order chi connectivity index (χ0) is 7.28. The van der Waals surface area contributed by atoms with Crippen molar-refractivity contribution in [3.05, 3.63) is 0 Å². The highest BCUT2D eigenvalue weighted by molar-refractivity contribution is 4.36. The van der Waals surface area contributed by atoms with E-state index < -0.39 is 0 Å². The summed E-state index contributed by atoms with van der Waals surface area (Å²) in [5.74, 6) is 0. The molecule has 0 fully saturated rings. The van der Waals surface area contributed by atoms with E-state index >= 15 is 0 Å². The van der Waals surface area contributed by atoms with Gasteiger partial charge in [0.25, 0.3) is 0 Å². The maximum Gasteiger partial charge on any atom is 0.190 e. The summed E-state index contributed by atoms with van der Waals surface area (Å²) in [6, 6.07) is 0. The quantitative estimate of drug-likeness (QED) is 0.528. The zero-order valence-corrected chi connectivity index (χ0v) is 6.90. The van der Waals surface area contributed by atoms with Crippen LogP contribution in [0.5, 0.6) is 0 Å². The Labute approximate surface area is 57.8 Å². The monoisotopic (exact) mass is 132 g/mol. The molecule has 0 saturated heterocycles. The molecule has 0 spiro atoms. The summed E-state index contributed by atoms with van der Waals surface area (Å²) in [7, 11) is 6.00. The molecule has 9 heavy (non-hydrogen) atoms. The molecule has 2 nitrogen and oxygen atoms in total. The minimum absolute atomic E-state index is 0.384. The molecule has 0 saturated carbocycles. The van der Waals surface area contributed by atoms with Gasteiger partial charge >= 0.3 is 0 Å². The minimum atomic E-state index is 0.384. The van der Waals surface area contributed by atoms with E-state index in [1.807, 2.05) is 0 Å². The van der Waals surface area contributed by atoms with E-state index in [1.54, 1.807) is 7.11 Å². The number of hydrogen-bond donors (Lipinski definition) is 1. The molecule has 0 bridgehead atoms. The largest absolute Gasteiger partial charge is 0.333 e. The van der Waals surface area contributed by atoms with Gasteiger partial charge in [-0.3, -0.25) is 0 Å². The second kappa shape index (κ2) is 4.77. The lowest BCUT2D eigenvalue weighted by atomic mass is 10.3. The smallest absolute Gasteiger partial charge is 0.190 e. The first kappa shape index (κ1) is 8.92. The lowest BCUT2D eigenvalue weighted by Crippen LogP contribution is -3.10. The Morgan fingerprint density at radius 2 is 2.00 bits per heavy atom. The van der Waals surface area contributed by atoms with Crippen molar-refractivity contribution >= 4 is 0 Å². The molecule has 0 aliphatic rings. The van der Waals surface area contributed by atoms with E-state index in [1.165, 1.54) is 11.3 Å². The van der Waals surface area contributed by atoms with Gasteiger partial charge in [-0.15, -0.1) is 0 Å². The van der Waals surface area contributed by atoms with Crippen molar-refractivity contribution in [2.45, 2.75) is 26.0 Å². The highest BCUT2D eigenvalue weighted by Gasteiger charge is 2.10. The number of quaternary nitrogens is 1. The Balaban J connectivity index is 3.41. The number of ether oxygens (including phenoxy) is 1. The summed E-state index contributed by atoms with van der Waals surface area (Å²) in [5, 5.41) is 0. The van der Waals surface area contributed by atoms with Crippen LogP contribution in [0.1, 0.15) is 19.8 Å². The third-order valence-corrected chi connectivity index (χ3v) is 1.48. The van der Waals surface area contributed by atoms with E-state index in [2.05, 4.69) is 21.0 Å². The normalized spacial score (nSPS) is 14.3. The maximum atomic E-state index is 5.22. The first-order valence-corrected chi connectivity index (χ1v) is 3.55. The molecule has 0 aliphatic carbocycles. The lowest BCUT2D eigenvalue weighted by Gasteiger charge is -2.18. The molecule has 0 aromatic rings.